The molecular weight excluding hydrogens is 446 g/mol. The average molecular weight is 476 g/mol. The minimum Gasteiger partial charge on any atom is -0.481 e. The van der Waals surface area contributed by atoms with E-state index in [4.69, 9.17) is 10.00 Å². The molecule has 1 unspecified atom stereocenters. The van der Waals surface area contributed by atoms with E-state index in [1.807, 2.05) is 36.4 Å². The van der Waals surface area contributed by atoms with Crippen molar-refractivity contribution < 1.29 is 24.2 Å². The van der Waals surface area contributed by atoms with Gasteiger partial charge in [0.2, 0.25) is 5.91 Å². The zero-order valence-corrected chi connectivity index (χ0v) is 19.5. The van der Waals surface area contributed by atoms with Crippen molar-refractivity contribution in [3.05, 3.63) is 59.7 Å². The number of likely N-dealkylation sites (tertiary alicyclic amines) is 1. The van der Waals surface area contributed by atoms with Gasteiger partial charge in [0, 0.05) is 24.9 Å². The van der Waals surface area contributed by atoms with Crippen LogP contribution < -0.4 is 5.32 Å². The summed E-state index contributed by atoms with van der Waals surface area (Å²) >= 11 is 0. The maximum atomic E-state index is 13.2. The highest BCUT2D eigenvalue weighted by Gasteiger charge is 2.35. The molecule has 0 aromatic heterocycles. The van der Waals surface area contributed by atoms with Gasteiger partial charge in [-0.2, -0.15) is 5.26 Å². The number of rotatable bonds is 9. The number of amides is 2. The largest absolute Gasteiger partial charge is 0.481 e. The first kappa shape index (κ1) is 24.3. The molecule has 2 atom stereocenters. The monoisotopic (exact) mass is 475 g/mol. The lowest BCUT2D eigenvalue weighted by atomic mass is 9.98. The second-order valence-corrected chi connectivity index (χ2v) is 9.00. The van der Waals surface area contributed by atoms with Crippen molar-refractivity contribution in [3.8, 4) is 17.2 Å². The van der Waals surface area contributed by atoms with Crippen LogP contribution in [0.3, 0.4) is 0 Å². The molecule has 35 heavy (non-hydrogen) atoms. The summed E-state index contributed by atoms with van der Waals surface area (Å²) in [6, 6.07) is 16.9. The first-order chi connectivity index (χ1) is 17.0. The minimum absolute atomic E-state index is 0.0978. The lowest BCUT2D eigenvalue weighted by molar-refractivity contribution is -0.140. The zero-order chi connectivity index (χ0) is 24.8. The van der Waals surface area contributed by atoms with Gasteiger partial charge in [-0.15, -0.1) is 0 Å². The van der Waals surface area contributed by atoms with Crippen LogP contribution in [-0.2, 0) is 14.3 Å². The van der Waals surface area contributed by atoms with Crippen LogP contribution in [0, 0.1) is 11.3 Å². The normalized spacial score (nSPS) is 17.2. The number of unbranched alkanes of at least 4 members (excludes halogenated alkanes) is 1. The molecule has 1 aliphatic heterocycles. The number of nitrogens with one attached hydrogen (secondary N) is 1. The summed E-state index contributed by atoms with van der Waals surface area (Å²) in [7, 11) is 0. The van der Waals surface area contributed by atoms with Crippen LogP contribution in [0.15, 0.2) is 48.5 Å². The van der Waals surface area contributed by atoms with Gasteiger partial charge in [-0.25, -0.2) is 4.79 Å². The summed E-state index contributed by atoms with van der Waals surface area (Å²) in [6.45, 7) is 0.586. The van der Waals surface area contributed by atoms with Crippen LogP contribution in [0.1, 0.15) is 55.6 Å². The van der Waals surface area contributed by atoms with Gasteiger partial charge in [0.25, 0.3) is 0 Å². The molecule has 0 bridgehead atoms. The van der Waals surface area contributed by atoms with Crippen LogP contribution in [0.5, 0.6) is 0 Å². The summed E-state index contributed by atoms with van der Waals surface area (Å²) in [4.78, 5) is 38.8. The molecule has 0 saturated carbocycles. The van der Waals surface area contributed by atoms with Gasteiger partial charge in [-0.3, -0.25) is 9.59 Å². The number of carboxylic acids is 1. The Balaban J connectivity index is 1.43. The molecular formula is C27H29N3O5. The Morgan fingerprint density at radius 1 is 1.11 bits per heavy atom. The average Bonchev–Trinajstić information content (AvgIpc) is 3.44. The molecule has 0 radical (unpaired) electrons. The van der Waals surface area contributed by atoms with E-state index in [9.17, 15) is 19.5 Å². The van der Waals surface area contributed by atoms with Crippen molar-refractivity contribution in [1.82, 2.24) is 10.2 Å². The number of aliphatic carboxylic acids is 1. The summed E-state index contributed by atoms with van der Waals surface area (Å²) in [5.74, 6) is -1.38. The van der Waals surface area contributed by atoms with Crippen molar-refractivity contribution >= 4 is 18.0 Å². The molecule has 2 aromatic rings. The Hall–Kier alpha value is -3.86. The smallest absolute Gasteiger partial charge is 0.407 e. The highest BCUT2D eigenvalue weighted by atomic mass is 16.5. The third kappa shape index (κ3) is 5.46. The number of carbonyl (C=O) groups excluding carboxylic acids is 2. The van der Waals surface area contributed by atoms with E-state index in [-0.39, 0.29) is 43.7 Å². The van der Waals surface area contributed by atoms with Crippen LogP contribution in [0.4, 0.5) is 4.79 Å². The highest BCUT2D eigenvalue weighted by Crippen LogP contribution is 2.44. The summed E-state index contributed by atoms with van der Waals surface area (Å²) in [5, 5.41) is 20.8. The predicted octanol–water partition coefficient (Wildman–Crippen LogP) is 4.05. The molecule has 1 fully saturated rings. The molecule has 1 heterocycles. The highest BCUT2D eigenvalue weighted by molar-refractivity contribution is 5.86. The molecule has 1 saturated heterocycles. The number of alkyl carbamates (subject to hydrolysis) is 1. The van der Waals surface area contributed by atoms with Crippen molar-refractivity contribution in [3.63, 3.8) is 0 Å². The van der Waals surface area contributed by atoms with E-state index in [2.05, 4.69) is 23.5 Å². The third-order valence-corrected chi connectivity index (χ3v) is 6.79. The van der Waals surface area contributed by atoms with E-state index in [1.54, 1.807) is 4.90 Å². The number of hydrogen-bond acceptors (Lipinski definition) is 5. The molecule has 1 aliphatic carbocycles. The van der Waals surface area contributed by atoms with Crippen molar-refractivity contribution in [2.75, 3.05) is 13.2 Å². The first-order valence-electron chi connectivity index (χ1n) is 12.0. The molecule has 0 spiro atoms. The number of fused-ring (bicyclic) bond motifs is 3. The third-order valence-electron chi connectivity index (χ3n) is 6.79. The number of carbonyl (C=O) groups is 3. The molecule has 2 amide bonds. The maximum Gasteiger partial charge on any atom is 0.407 e. The van der Waals surface area contributed by atoms with Gasteiger partial charge >= 0.3 is 12.1 Å². The van der Waals surface area contributed by atoms with Gasteiger partial charge in [0.05, 0.1) is 12.5 Å². The molecule has 4 rings (SSSR count). The fraction of sp³-hybridized carbons (Fsp3) is 0.407. The number of hydrogen-bond donors (Lipinski definition) is 2. The number of benzene rings is 2. The zero-order valence-electron chi connectivity index (χ0n) is 19.5. The van der Waals surface area contributed by atoms with Crippen LogP contribution in [0.2, 0.25) is 0 Å². The minimum atomic E-state index is -0.958. The Morgan fingerprint density at radius 2 is 1.77 bits per heavy atom. The first-order valence-corrected chi connectivity index (χ1v) is 12.0. The summed E-state index contributed by atoms with van der Waals surface area (Å²) < 4.78 is 5.60. The second-order valence-electron chi connectivity index (χ2n) is 9.00. The van der Waals surface area contributed by atoms with Gasteiger partial charge in [0.1, 0.15) is 12.6 Å². The lowest BCUT2D eigenvalue weighted by Gasteiger charge is -2.28. The van der Waals surface area contributed by atoms with E-state index in [0.29, 0.717) is 19.4 Å². The molecule has 182 valence electrons. The Bertz CT molecular complexity index is 1100. The second kappa shape index (κ2) is 11.0. The molecule has 2 N–H and O–H groups in total. The Kier molecular flexibility index (Phi) is 7.66. The molecule has 2 aliphatic rings. The van der Waals surface area contributed by atoms with Crippen LogP contribution in [-0.4, -0.2) is 53.2 Å². The Labute approximate surface area is 204 Å². The molecule has 2 aromatic carbocycles. The summed E-state index contributed by atoms with van der Waals surface area (Å²) in [5.41, 5.74) is 4.44. The van der Waals surface area contributed by atoms with Gasteiger partial charge < -0.3 is 20.1 Å². The topological polar surface area (TPSA) is 120 Å². The van der Waals surface area contributed by atoms with Gasteiger partial charge in [-0.1, -0.05) is 48.5 Å². The van der Waals surface area contributed by atoms with Gasteiger partial charge in [-0.05, 0) is 47.9 Å². The van der Waals surface area contributed by atoms with E-state index < -0.39 is 18.1 Å². The van der Waals surface area contributed by atoms with E-state index >= 15 is 0 Å². The quantitative estimate of drug-likeness (QED) is 0.528. The molecule has 8 nitrogen and oxygen atoms in total. The number of nitriles is 1. The maximum absolute atomic E-state index is 13.2. The lowest BCUT2D eigenvalue weighted by Crippen LogP contribution is -2.50. The molecule has 8 heteroatoms. The number of carboxylic acid groups (broad SMARTS) is 1. The van der Waals surface area contributed by atoms with Crippen LogP contribution >= 0.6 is 0 Å². The standard InChI is InChI=1S/C27H29N3O5/c28-14-6-5-13-24(26(33)30-15-7-8-18(30)16-25(31)32)29-27(34)35-17-23-21-11-3-1-9-19(21)20-10-2-4-12-22(20)23/h1-4,9-12,18,23-24H,5-8,13,15-17H2,(H,29,34)(H,31,32)/t18-,24?/m0/s1. The fourth-order valence-corrected chi connectivity index (χ4v) is 5.16. The Morgan fingerprint density at radius 3 is 2.40 bits per heavy atom. The van der Waals surface area contributed by atoms with Crippen molar-refractivity contribution in [1.29, 1.82) is 5.26 Å². The van der Waals surface area contributed by atoms with Gasteiger partial charge in [0.15, 0.2) is 0 Å². The number of nitrogens with zero attached hydrogens (tertiary/aromatic N) is 2. The number of ether oxygens (including phenoxy) is 1. The summed E-state index contributed by atoms with van der Waals surface area (Å²) in [6.07, 6.45) is 1.50. The van der Waals surface area contributed by atoms with E-state index in [0.717, 1.165) is 28.7 Å². The van der Waals surface area contributed by atoms with Crippen molar-refractivity contribution in [2.45, 2.75) is 56.5 Å². The predicted molar refractivity (Wildman–Crippen MR) is 128 cm³/mol. The van der Waals surface area contributed by atoms with E-state index in [1.165, 1.54) is 0 Å². The fourth-order valence-electron chi connectivity index (χ4n) is 5.16. The van der Waals surface area contributed by atoms with Crippen LogP contribution in [0.25, 0.3) is 11.1 Å². The SMILES string of the molecule is N#CCCCC(NC(=O)OCC1c2ccccc2-c2ccccc21)C(=O)N1CCC[C@H]1CC(=O)O. The van der Waals surface area contributed by atoms with Crippen molar-refractivity contribution in [2.24, 2.45) is 0 Å².